The van der Waals surface area contributed by atoms with Crippen LogP contribution in [0.25, 0.3) is 0 Å². The van der Waals surface area contributed by atoms with Gasteiger partial charge in [0, 0.05) is 42.8 Å². The molecular formula is C13H22N4S. The van der Waals surface area contributed by atoms with Gasteiger partial charge in [-0.2, -0.15) is 0 Å². The Kier molecular flexibility index (Phi) is 3.54. The van der Waals surface area contributed by atoms with Crippen LogP contribution in [0.2, 0.25) is 0 Å². The maximum atomic E-state index is 5.91. The van der Waals surface area contributed by atoms with Crippen molar-refractivity contribution in [2.75, 3.05) is 31.1 Å². The monoisotopic (exact) mass is 266 g/mol. The summed E-state index contributed by atoms with van der Waals surface area (Å²) in [5.41, 5.74) is 5.91. The van der Waals surface area contributed by atoms with Gasteiger partial charge in [-0.05, 0) is 26.3 Å². The van der Waals surface area contributed by atoms with E-state index in [1.165, 1.54) is 37.2 Å². The van der Waals surface area contributed by atoms with E-state index in [0.717, 1.165) is 24.3 Å². The number of rotatable bonds is 2. The van der Waals surface area contributed by atoms with Crippen molar-refractivity contribution in [3.63, 3.8) is 0 Å². The Morgan fingerprint density at radius 3 is 3.06 bits per heavy atom. The number of nitrogens with zero attached hydrogens (tertiary/aromatic N) is 3. The number of aromatic nitrogens is 1. The fourth-order valence-electron chi connectivity index (χ4n) is 2.96. The molecule has 2 unspecified atom stereocenters. The van der Waals surface area contributed by atoms with Crippen molar-refractivity contribution in [2.45, 2.75) is 38.3 Å². The third kappa shape index (κ3) is 2.39. The Morgan fingerprint density at radius 2 is 2.28 bits per heavy atom. The molecule has 4 nitrogen and oxygen atoms in total. The van der Waals surface area contributed by atoms with Crippen LogP contribution in [-0.4, -0.2) is 42.1 Å². The number of hydrogen-bond acceptors (Lipinski definition) is 5. The van der Waals surface area contributed by atoms with E-state index >= 15 is 0 Å². The molecule has 3 rings (SSSR count). The van der Waals surface area contributed by atoms with E-state index in [1.54, 1.807) is 11.3 Å². The third-order valence-electron chi connectivity index (χ3n) is 4.07. The number of thiazole rings is 1. The lowest BCUT2D eigenvalue weighted by Crippen LogP contribution is -2.54. The number of nitrogens with two attached hydrogens (primary N) is 1. The van der Waals surface area contributed by atoms with Crippen molar-refractivity contribution in [3.05, 3.63) is 11.1 Å². The minimum absolute atomic E-state index is 0.104. The van der Waals surface area contributed by atoms with Crippen LogP contribution in [0, 0.1) is 0 Å². The van der Waals surface area contributed by atoms with Gasteiger partial charge < -0.3 is 10.6 Å². The topological polar surface area (TPSA) is 45.4 Å². The van der Waals surface area contributed by atoms with E-state index in [9.17, 15) is 0 Å². The molecule has 0 aromatic carbocycles. The van der Waals surface area contributed by atoms with E-state index in [1.807, 2.05) is 13.1 Å². The zero-order chi connectivity index (χ0) is 12.5. The molecule has 0 amide bonds. The minimum Gasteiger partial charge on any atom is -0.345 e. The molecule has 2 aliphatic rings. The van der Waals surface area contributed by atoms with Crippen LogP contribution >= 0.6 is 11.3 Å². The van der Waals surface area contributed by atoms with Gasteiger partial charge in [-0.3, -0.25) is 4.90 Å². The van der Waals surface area contributed by atoms with Crippen molar-refractivity contribution in [1.82, 2.24) is 9.88 Å². The highest BCUT2D eigenvalue weighted by atomic mass is 32.1. The molecule has 100 valence electrons. The molecule has 0 radical (unpaired) electrons. The van der Waals surface area contributed by atoms with Gasteiger partial charge in [-0.15, -0.1) is 11.3 Å². The number of hydrogen-bond donors (Lipinski definition) is 1. The second-order valence-electron chi connectivity index (χ2n) is 5.47. The normalized spacial score (nSPS) is 27.0. The third-order valence-corrected chi connectivity index (χ3v) is 5.33. The summed E-state index contributed by atoms with van der Waals surface area (Å²) in [6.07, 6.45) is 6.06. The van der Waals surface area contributed by atoms with Gasteiger partial charge in [0.1, 0.15) is 0 Å². The minimum atomic E-state index is 0.104. The van der Waals surface area contributed by atoms with Crippen LogP contribution in [-0.2, 0) is 0 Å². The molecular weight excluding hydrogens is 244 g/mol. The fourth-order valence-corrected chi connectivity index (χ4v) is 3.87. The summed E-state index contributed by atoms with van der Waals surface area (Å²) in [5, 5.41) is 1.16. The van der Waals surface area contributed by atoms with Gasteiger partial charge in [0.05, 0.1) is 0 Å². The van der Waals surface area contributed by atoms with Crippen LogP contribution in [0.4, 0.5) is 5.13 Å². The highest BCUT2D eigenvalue weighted by Gasteiger charge is 2.29. The molecule has 18 heavy (non-hydrogen) atoms. The Balaban J connectivity index is 1.69. The van der Waals surface area contributed by atoms with Gasteiger partial charge >= 0.3 is 0 Å². The average Bonchev–Trinajstić information content (AvgIpc) is 2.88. The predicted molar refractivity (Wildman–Crippen MR) is 76.1 cm³/mol. The van der Waals surface area contributed by atoms with Crippen molar-refractivity contribution >= 4 is 16.5 Å². The van der Waals surface area contributed by atoms with E-state index in [2.05, 4.69) is 14.8 Å². The molecule has 2 atom stereocenters. The predicted octanol–water partition coefficient (Wildman–Crippen LogP) is 1.84. The maximum Gasteiger partial charge on any atom is 0.185 e. The summed E-state index contributed by atoms with van der Waals surface area (Å²) >= 11 is 1.76. The summed E-state index contributed by atoms with van der Waals surface area (Å²) in [7, 11) is 0. The van der Waals surface area contributed by atoms with Crippen molar-refractivity contribution in [1.29, 1.82) is 0 Å². The van der Waals surface area contributed by atoms with Gasteiger partial charge in [0.2, 0.25) is 0 Å². The summed E-state index contributed by atoms with van der Waals surface area (Å²) in [6.45, 7) is 6.77. The van der Waals surface area contributed by atoms with E-state index < -0.39 is 0 Å². The standard InChI is InChI=1S/C13H22N4S/c1-10(14)12-8-15-13(18-12)17-7-6-16-5-3-2-4-11(16)9-17/h8,10-11H,2-7,9,14H2,1H3. The van der Waals surface area contributed by atoms with Crippen molar-refractivity contribution < 1.29 is 0 Å². The zero-order valence-electron chi connectivity index (χ0n) is 11.0. The molecule has 2 saturated heterocycles. The number of anilines is 1. The van der Waals surface area contributed by atoms with Gasteiger partial charge in [0.25, 0.3) is 0 Å². The van der Waals surface area contributed by atoms with Crippen molar-refractivity contribution in [2.24, 2.45) is 5.73 Å². The lowest BCUT2D eigenvalue weighted by atomic mass is 10.00. The summed E-state index contributed by atoms with van der Waals surface area (Å²) in [4.78, 5) is 10.8. The van der Waals surface area contributed by atoms with Crippen LogP contribution < -0.4 is 10.6 Å². The molecule has 1 aromatic rings. The van der Waals surface area contributed by atoms with E-state index in [4.69, 9.17) is 5.73 Å². The molecule has 0 bridgehead atoms. The van der Waals surface area contributed by atoms with E-state index in [0.29, 0.717) is 0 Å². The second kappa shape index (κ2) is 5.15. The quantitative estimate of drug-likeness (QED) is 0.887. The number of piperazine rings is 1. The van der Waals surface area contributed by atoms with E-state index in [-0.39, 0.29) is 6.04 Å². The summed E-state index contributed by atoms with van der Waals surface area (Å²) in [6, 6.07) is 0.849. The Bertz CT molecular complexity index is 403. The molecule has 2 N–H and O–H groups in total. The molecule has 3 heterocycles. The SMILES string of the molecule is CC(N)c1cnc(N2CCN3CCCCC3C2)s1. The Hall–Kier alpha value is -0.650. The molecule has 2 fully saturated rings. The zero-order valence-corrected chi connectivity index (χ0v) is 11.8. The van der Waals surface area contributed by atoms with Crippen LogP contribution in [0.15, 0.2) is 6.20 Å². The number of fused-ring (bicyclic) bond motifs is 1. The molecule has 2 aliphatic heterocycles. The Labute approximate surface area is 113 Å². The molecule has 5 heteroatoms. The van der Waals surface area contributed by atoms with Gasteiger partial charge in [0.15, 0.2) is 5.13 Å². The first-order valence-corrected chi connectivity index (χ1v) is 7.76. The van der Waals surface area contributed by atoms with Crippen LogP contribution in [0.5, 0.6) is 0 Å². The number of piperidine rings is 1. The van der Waals surface area contributed by atoms with Gasteiger partial charge in [-0.1, -0.05) is 6.42 Å². The molecule has 1 aromatic heterocycles. The summed E-state index contributed by atoms with van der Waals surface area (Å²) < 4.78 is 0. The largest absolute Gasteiger partial charge is 0.345 e. The molecule has 0 aliphatic carbocycles. The van der Waals surface area contributed by atoms with Crippen molar-refractivity contribution in [3.8, 4) is 0 Å². The van der Waals surface area contributed by atoms with Crippen LogP contribution in [0.1, 0.15) is 37.1 Å². The Morgan fingerprint density at radius 1 is 1.39 bits per heavy atom. The second-order valence-corrected chi connectivity index (χ2v) is 6.51. The first kappa shape index (κ1) is 12.4. The molecule has 0 spiro atoms. The van der Waals surface area contributed by atoms with Gasteiger partial charge in [-0.25, -0.2) is 4.98 Å². The highest BCUT2D eigenvalue weighted by Crippen LogP contribution is 2.29. The highest BCUT2D eigenvalue weighted by molar-refractivity contribution is 7.15. The smallest absolute Gasteiger partial charge is 0.185 e. The lowest BCUT2D eigenvalue weighted by molar-refractivity contribution is 0.133. The lowest BCUT2D eigenvalue weighted by Gasteiger charge is -2.44. The average molecular weight is 266 g/mol. The first-order valence-electron chi connectivity index (χ1n) is 6.94. The first-order chi connectivity index (χ1) is 8.74. The molecule has 0 saturated carbocycles. The van der Waals surface area contributed by atoms with Crippen LogP contribution in [0.3, 0.4) is 0 Å². The fraction of sp³-hybridized carbons (Fsp3) is 0.769. The summed E-state index contributed by atoms with van der Waals surface area (Å²) in [5.74, 6) is 0. The maximum absolute atomic E-state index is 5.91.